The number of anilines is 1. The van der Waals surface area contributed by atoms with E-state index in [-0.39, 0.29) is 17.1 Å². The molecule has 0 spiro atoms. The number of nitro groups is 1. The Labute approximate surface area is 136 Å². The van der Waals surface area contributed by atoms with Gasteiger partial charge in [-0.15, -0.1) is 0 Å². The molecule has 0 radical (unpaired) electrons. The average molecular weight is 326 g/mol. The highest BCUT2D eigenvalue weighted by atomic mass is 16.6. The number of benzene rings is 1. The van der Waals surface area contributed by atoms with Crippen molar-refractivity contribution in [1.82, 2.24) is 9.38 Å². The van der Waals surface area contributed by atoms with Crippen molar-refractivity contribution in [3.8, 4) is 5.75 Å². The summed E-state index contributed by atoms with van der Waals surface area (Å²) >= 11 is 0. The topological polar surface area (TPSA) is 98.8 Å². The van der Waals surface area contributed by atoms with Crippen molar-refractivity contribution in [3.63, 3.8) is 0 Å². The first-order valence-electron chi connectivity index (χ1n) is 7.08. The second-order valence-corrected chi connectivity index (χ2v) is 5.12. The fourth-order valence-electron chi connectivity index (χ4n) is 2.36. The number of hydrogen-bond donors (Lipinski definition) is 1. The van der Waals surface area contributed by atoms with Gasteiger partial charge < -0.3 is 14.5 Å². The predicted octanol–water partition coefficient (Wildman–Crippen LogP) is 2.81. The SMILES string of the molecule is COc1ccc(NC(=O)c2cn3c(C)cccc3n2)cc1[N+](=O)[O-]. The molecule has 0 atom stereocenters. The van der Waals surface area contributed by atoms with Crippen LogP contribution in [-0.4, -0.2) is 27.3 Å². The molecule has 3 rings (SSSR count). The van der Waals surface area contributed by atoms with E-state index in [1.165, 1.54) is 25.3 Å². The first-order chi connectivity index (χ1) is 11.5. The molecule has 122 valence electrons. The summed E-state index contributed by atoms with van der Waals surface area (Å²) in [6, 6.07) is 9.77. The van der Waals surface area contributed by atoms with Gasteiger partial charge in [0.2, 0.25) is 0 Å². The molecule has 0 aliphatic heterocycles. The van der Waals surface area contributed by atoms with E-state index in [9.17, 15) is 14.9 Å². The number of carbonyl (C=O) groups is 1. The van der Waals surface area contributed by atoms with E-state index in [2.05, 4.69) is 10.3 Å². The van der Waals surface area contributed by atoms with Gasteiger partial charge in [-0.1, -0.05) is 6.07 Å². The van der Waals surface area contributed by atoms with Crippen LogP contribution in [0.5, 0.6) is 5.75 Å². The third kappa shape index (κ3) is 2.76. The molecule has 1 amide bonds. The van der Waals surface area contributed by atoms with Crippen LogP contribution in [0.1, 0.15) is 16.2 Å². The number of nitrogens with zero attached hydrogens (tertiary/aromatic N) is 3. The predicted molar refractivity (Wildman–Crippen MR) is 87.5 cm³/mol. The van der Waals surface area contributed by atoms with Crippen LogP contribution < -0.4 is 10.1 Å². The van der Waals surface area contributed by atoms with E-state index in [1.54, 1.807) is 16.7 Å². The number of aromatic nitrogens is 2. The zero-order valence-corrected chi connectivity index (χ0v) is 13.0. The summed E-state index contributed by atoms with van der Waals surface area (Å²) in [5.41, 5.74) is 1.89. The number of rotatable bonds is 4. The summed E-state index contributed by atoms with van der Waals surface area (Å²) in [5, 5.41) is 13.7. The minimum Gasteiger partial charge on any atom is -0.490 e. The Bertz CT molecular complexity index is 948. The standard InChI is InChI=1S/C16H14N4O4/c1-10-4-3-5-15-18-12(9-19(10)15)16(21)17-11-6-7-14(24-2)13(8-11)20(22)23/h3-9H,1-2H3,(H,17,21). The number of nitrogens with one attached hydrogen (secondary N) is 1. The number of pyridine rings is 1. The van der Waals surface area contributed by atoms with Crippen LogP contribution in [0.3, 0.4) is 0 Å². The quantitative estimate of drug-likeness (QED) is 0.587. The Morgan fingerprint density at radius 1 is 1.33 bits per heavy atom. The van der Waals surface area contributed by atoms with Crippen molar-refractivity contribution >= 4 is 22.9 Å². The van der Waals surface area contributed by atoms with Crippen molar-refractivity contribution in [2.75, 3.05) is 12.4 Å². The molecule has 2 heterocycles. The van der Waals surface area contributed by atoms with E-state index in [0.29, 0.717) is 11.3 Å². The molecule has 2 aromatic heterocycles. The molecular weight excluding hydrogens is 312 g/mol. The number of hydrogen-bond acceptors (Lipinski definition) is 5. The Hall–Kier alpha value is -3.42. The number of amides is 1. The van der Waals surface area contributed by atoms with Crippen molar-refractivity contribution < 1.29 is 14.5 Å². The van der Waals surface area contributed by atoms with Gasteiger partial charge in [-0.25, -0.2) is 4.98 Å². The Morgan fingerprint density at radius 2 is 2.12 bits per heavy atom. The van der Waals surface area contributed by atoms with Crippen LogP contribution >= 0.6 is 0 Å². The van der Waals surface area contributed by atoms with E-state index >= 15 is 0 Å². The smallest absolute Gasteiger partial charge is 0.312 e. The summed E-state index contributed by atoms with van der Waals surface area (Å²) in [6.45, 7) is 1.91. The van der Waals surface area contributed by atoms with Crippen LogP contribution in [0.4, 0.5) is 11.4 Å². The maximum absolute atomic E-state index is 12.3. The molecule has 24 heavy (non-hydrogen) atoms. The molecule has 0 saturated heterocycles. The third-order valence-corrected chi connectivity index (χ3v) is 3.56. The number of nitro benzene ring substituents is 1. The molecule has 8 heteroatoms. The zero-order chi connectivity index (χ0) is 17.3. The molecule has 8 nitrogen and oxygen atoms in total. The first kappa shape index (κ1) is 15.5. The Morgan fingerprint density at radius 3 is 2.79 bits per heavy atom. The summed E-state index contributed by atoms with van der Waals surface area (Å²) < 4.78 is 6.73. The molecule has 0 saturated carbocycles. The van der Waals surface area contributed by atoms with Gasteiger partial charge in [0.1, 0.15) is 11.3 Å². The van der Waals surface area contributed by atoms with Crippen LogP contribution in [0.15, 0.2) is 42.6 Å². The zero-order valence-electron chi connectivity index (χ0n) is 13.0. The molecule has 3 aromatic rings. The number of imidazole rings is 1. The van der Waals surface area contributed by atoms with Crippen LogP contribution in [-0.2, 0) is 0 Å². The van der Waals surface area contributed by atoms with Gasteiger partial charge in [-0.3, -0.25) is 14.9 Å². The van der Waals surface area contributed by atoms with Gasteiger partial charge in [-0.05, 0) is 31.2 Å². The van der Waals surface area contributed by atoms with Crippen LogP contribution in [0.2, 0.25) is 0 Å². The van der Waals surface area contributed by atoms with Gasteiger partial charge in [0.05, 0.1) is 12.0 Å². The van der Waals surface area contributed by atoms with Gasteiger partial charge in [0, 0.05) is 23.6 Å². The summed E-state index contributed by atoms with van der Waals surface area (Å²) in [6.07, 6.45) is 1.62. The van der Waals surface area contributed by atoms with E-state index in [0.717, 1.165) is 5.69 Å². The lowest BCUT2D eigenvalue weighted by molar-refractivity contribution is -0.385. The highest BCUT2D eigenvalue weighted by Crippen LogP contribution is 2.29. The molecule has 0 bridgehead atoms. The number of carbonyl (C=O) groups excluding carboxylic acids is 1. The van der Waals surface area contributed by atoms with Gasteiger partial charge in [0.25, 0.3) is 5.91 Å². The van der Waals surface area contributed by atoms with Crippen molar-refractivity contribution in [3.05, 3.63) is 64.1 Å². The first-order valence-corrected chi connectivity index (χ1v) is 7.08. The third-order valence-electron chi connectivity index (χ3n) is 3.56. The fraction of sp³-hybridized carbons (Fsp3) is 0.125. The number of aryl methyl sites for hydroxylation is 1. The highest BCUT2D eigenvalue weighted by Gasteiger charge is 2.17. The highest BCUT2D eigenvalue weighted by molar-refractivity contribution is 6.03. The summed E-state index contributed by atoms with van der Waals surface area (Å²) in [7, 11) is 1.35. The largest absolute Gasteiger partial charge is 0.490 e. The van der Waals surface area contributed by atoms with Crippen molar-refractivity contribution in [2.24, 2.45) is 0 Å². The van der Waals surface area contributed by atoms with Crippen LogP contribution in [0.25, 0.3) is 5.65 Å². The minimum absolute atomic E-state index is 0.126. The van der Waals surface area contributed by atoms with Gasteiger partial charge >= 0.3 is 5.69 Å². The van der Waals surface area contributed by atoms with Crippen molar-refractivity contribution in [2.45, 2.75) is 6.92 Å². The second kappa shape index (κ2) is 5.99. The molecule has 1 aromatic carbocycles. The van der Waals surface area contributed by atoms with Gasteiger partial charge in [-0.2, -0.15) is 0 Å². The minimum atomic E-state index is -0.567. The molecule has 0 fully saturated rings. The number of ether oxygens (including phenoxy) is 1. The summed E-state index contributed by atoms with van der Waals surface area (Å²) in [4.78, 5) is 27.1. The Balaban J connectivity index is 1.90. The van der Waals surface area contributed by atoms with E-state index in [4.69, 9.17) is 4.74 Å². The molecule has 0 aliphatic rings. The second-order valence-electron chi connectivity index (χ2n) is 5.12. The lowest BCUT2D eigenvalue weighted by Gasteiger charge is -2.05. The number of methoxy groups -OCH3 is 1. The van der Waals surface area contributed by atoms with Crippen LogP contribution in [0, 0.1) is 17.0 Å². The molecule has 0 unspecified atom stereocenters. The molecule has 0 aliphatic carbocycles. The Kier molecular flexibility index (Phi) is 3.87. The normalized spacial score (nSPS) is 10.6. The lowest BCUT2D eigenvalue weighted by Crippen LogP contribution is -2.12. The average Bonchev–Trinajstić information content (AvgIpc) is 3.00. The number of fused-ring (bicyclic) bond motifs is 1. The molecular formula is C16H14N4O4. The molecule has 1 N–H and O–H groups in total. The maximum Gasteiger partial charge on any atom is 0.312 e. The summed E-state index contributed by atoms with van der Waals surface area (Å²) in [5.74, 6) is -0.320. The van der Waals surface area contributed by atoms with Crippen molar-refractivity contribution in [1.29, 1.82) is 0 Å². The fourth-order valence-corrected chi connectivity index (χ4v) is 2.36. The lowest BCUT2D eigenvalue weighted by atomic mass is 10.2. The monoisotopic (exact) mass is 326 g/mol. The van der Waals surface area contributed by atoms with E-state index < -0.39 is 10.8 Å². The van der Waals surface area contributed by atoms with Gasteiger partial charge in [0.15, 0.2) is 5.75 Å². The maximum atomic E-state index is 12.3. The van der Waals surface area contributed by atoms with E-state index in [1.807, 2.05) is 19.1 Å².